The zero-order chi connectivity index (χ0) is 13.0. The van der Waals surface area contributed by atoms with Crippen molar-refractivity contribution < 1.29 is 9.50 Å². The van der Waals surface area contributed by atoms with Crippen LogP contribution in [0.25, 0.3) is 0 Å². The van der Waals surface area contributed by atoms with Crippen LogP contribution in [0, 0.1) is 5.82 Å². The van der Waals surface area contributed by atoms with Gasteiger partial charge in [-0.2, -0.15) is 0 Å². The second-order valence-corrected chi connectivity index (χ2v) is 4.84. The summed E-state index contributed by atoms with van der Waals surface area (Å²) >= 11 is 0. The van der Waals surface area contributed by atoms with Gasteiger partial charge in [0.1, 0.15) is 0 Å². The van der Waals surface area contributed by atoms with Gasteiger partial charge in [-0.3, -0.25) is 0 Å². The van der Waals surface area contributed by atoms with Gasteiger partial charge in [-0.05, 0) is 38.5 Å². The molecule has 1 aromatic rings. The number of likely N-dealkylation sites (tertiary alicyclic amines) is 1. The Balaban J connectivity index is 1.83. The summed E-state index contributed by atoms with van der Waals surface area (Å²) in [6.45, 7) is 6.04. The fourth-order valence-corrected chi connectivity index (χ4v) is 2.41. The molecule has 3 nitrogen and oxygen atoms in total. The summed E-state index contributed by atoms with van der Waals surface area (Å²) in [6.07, 6.45) is 2.23. The summed E-state index contributed by atoms with van der Waals surface area (Å²) in [7, 11) is 0. The minimum atomic E-state index is -0.546. The normalized spacial score (nSPS) is 18.1. The highest BCUT2D eigenvalue weighted by molar-refractivity contribution is 5.33. The Labute approximate surface area is 108 Å². The third kappa shape index (κ3) is 3.21. The largest absolute Gasteiger partial charge is 0.505 e. The topological polar surface area (TPSA) is 35.5 Å². The Morgan fingerprint density at radius 3 is 2.78 bits per heavy atom. The molecule has 0 bridgehead atoms. The number of nitrogens with zero attached hydrogens (tertiary/aromatic N) is 1. The maximum Gasteiger partial charge on any atom is 0.165 e. The van der Waals surface area contributed by atoms with E-state index in [-0.39, 0.29) is 5.75 Å². The number of hydrogen-bond donors (Lipinski definition) is 2. The van der Waals surface area contributed by atoms with E-state index >= 15 is 0 Å². The molecule has 2 N–H and O–H groups in total. The van der Waals surface area contributed by atoms with Gasteiger partial charge in [-0.15, -0.1) is 0 Å². The number of piperidine rings is 1. The van der Waals surface area contributed by atoms with E-state index in [1.807, 2.05) is 0 Å². The standard InChI is InChI=1S/C14H21FN2O/c1-2-17-8-6-12(7-9-17)16-10-11-4-3-5-13(15)14(11)18/h3-5,12,16,18H,2,6-10H2,1H3. The average molecular weight is 252 g/mol. The van der Waals surface area contributed by atoms with Crippen molar-refractivity contribution in [3.63, 3.8) is 0 Å². The summed E-state index contributed by atoms with van der Waals surface area (Å²) in [5.74, 6) is -0.772. The number of aromatic hydroxyl groups is 1. The molecule has 0 aliphatic carbocycles. The maximum absolute atomic E-state index is 13.2. The monoisotopic (exact) mass is 252 g/mol. The number of nitrogens with one attached hydrogen (secondary N) is 1. The molecule has 0 unspecified atom stereocenters. The Hall–Kier alpha value is -1.13. The van der Waals surface area contributed by atoms with Crippen molar-refractivity contribution in [2.24, 2.45) is 0 Å². The Morgan fingerprint density at radius 1 is 1.39 bits per heavy atom. The van der Waals surface area contributed by atoms with Crippen LogP contribution in [0.2, 0.25) is 0 Å². The molecule has 0 atom stereocenters. The van der Waals surface area contributed by atoms with Gasteiger partial charge in [0.15, 0.2) is 11.6 Å². The summed E-state index contributed by atoms with van der Waals surface area (Å²) < 4.78 is 13.2. The van der Waals surface area contributed by atoms with Gasteiger partial charge in [-0.1, -0.05) is 19.1 Å². The third-order valence-corrected chi connectivity index (χ3v) is 3.69. The van der Waals surface area contributed by atoms with Gasteiger partial charge in [0.05, 0.1) is 0 Å². The Morgan fingerprint density at radius 2 is 2.11 bits per heavy atom. The molecule has 1 aromatic carbocycles. The highest BCUT2D eigenvalue weighted by Gasteiger charge is 2.17. The number of phenols is 1. The quantitative estimate of drug-likeness (QED) is 0.861. The molecule has 0 amide bonds. The highest BCUT2D eigenvalue weighted by atomic mass is 19.1. The first-order valence-corrected chi connectivity index (χ1v) is 6.62. The van der Waals surface area contributed by atoms with Crippen LogP contribution in [0.4, 0.5) is 4.39 Å². The van der Waals surface area contributed by atoms with Gasteiger partial charge in [0, 0.05) is 18.2 Å². The predicted molar refractivity (Wildman–Crippen MR) is 70.0 cm³/mol. The van der Waals surface area contributed by atoms with Gasteiger partial charge in [0.25, 0.3) is 0 Å². The first kappa shape index (κ1) is 13.3. The molecule has 1 aliphatic heterocycles. The smallest absolute Gasteiger partial charge is 0.165 e. The van der Waals surface area contributed by atoms with E-state index in [1.165, 1.54) is 6.07 Å². The molecule has 100 valence electrons. The molecule has 0 aromatic heterocycles. The molecule has 0 radical (unpaired) electrons. The van der Waals surface area contributed by atoms with Gasteiger partial charge < -0.3 is 15.3 Å². The van der Waals surface area contributed by atoms with Crippen molar-refractivity contribution in [2.45, 2.75) is 32.4 Å². The predicted octanol–water partition coefficient (Wildman–Crippen LogP) is 2.11. The molecule has 18 heavy (non-hydrogen) atoms. The molecule has 1 heterocycles. The van der Waals surface area contributed by atoms with Crippen LogP contribution in [-0.4, -0.2) is 35.7 Å². The van der Waals surface area contributed by atoms with E-state index < -0.39 is 5.82 Å². The summed E-state index contributed by atoms with van der Waals surface area (Å²) in [5.41, 5.74) is 0.632. The number of benzene rings is 1. The number of rotatable bonds is 4. The fourth-order valence-electron chi connectivity index (χ4n) is 2.41. The van der Waals surface area contributed by atoms with Crippen LogP contribution in [0.1, 0.15) is 25.3 Å². The fraction of sp³-hybridized carbons (Fsp3) is 0.571. The van der Waals surface area contributed by atoms with Gasteiger partial charge in [-0.25, -0.2) is 4.39 Å². The van der Waals surface area contributed by atoms with E-state index in [0.29, 0.717) is 18.2 Å². The highest BCUT2D eigenvalue weighted by Crippen LogP contribution is 2.21. The maximum atomic E-state index is 13.2. The number of para-hydroxylation sites is 1. The molecular formula is C14H21FN2O. The number of halogens is 1. The molecule has 4 heteroatoms. The molecule has 0 saturated carbocycles. The van der Waals surface area contributed by atoms with E-state index in [2.05, 4.69) is 17.1 Å². The lowest BCUT2D eigenvalue weighted by molar-refractivity contribution is 0.205. The SMILES string of the molecule is CCN1CCC(NCc2cccc(F)c2O)CC1. The molecule has 1 fully saturated rings. The van der Waals surface area contributed by atoms with Crippen molar-refractivity contribution in [1.29, 1.82) is 0 Å². The lowest BCUT2D eigenvalue weighted by atomic mass is 10.0. The second-order valence-electron chi connectivity index (χ2n) is 4.84. The van der Waals surface area contributed by atoms with Crippen molar-refractivity contribution in [3.8, 4) is 5.75 Å². The second kappa shape index (κ2) is 6.16. The van der Waals surface area contributed by atoms with Crippen molar-refractivity contribution in [3.05, 3.63) is 29.6 Å². The molecule has 1 saturated heterocycles. The first-order valence-electron chi connectivity index (χ1n) is 6.62. The lowest BCUT2D eigenvalue weighted by Gasteiger charge is -2.31. The summed E-state index contributed by atoms with van der Waals surface area (Å²) in [4.78, 5) is 2.43. The van der Waals surface area contributed by atoms with Crippen LogP contribution < -0.4 is 5.32 Å². The van der Waals surface area contributed by atoms with Crippen LogP contribution in [0.3, 0.4) is 0 Å². The first-order chi connectivity index (χ1) is 8.70. The van der Waals surface area contributed by atoms with Crippen molar-refractivity contribution >= 4 is 0 Å². The van der Waals surface area contributed by atoms with Crippen LogP contribution in [-0.2, 0) is 6.54 Å². The minimum Gasteiger partial charge on any atom is -0.505 e. The van der Waals surface area contributed by atoms with E-state index in [0.717, 1.165) is 32.5 Å². The van der Waals surface area contributed by atoms with Crippen LogP contribution in [0.5, 0.6) is 5.75 Å². The minimum absolute atomic E-state index is 0.226. The Kier molecular flexibility index (Phi) is 4.55. The molecule has 0 spiro atoms. The average Bonchev–Trinajstić information content (AvgIpc) is 2.41. The third-order valence-electron chi connectivity index (χ3n) is 3.69. The lowest BCUT2D eigenvalue weighted by Crippen LogP contribution is -2.42. The zero-order valence-corrected chi connectivity index (χ0v) is 10.8. The summed E-state index contributed by atoms with van der Waals surface area (Å²) in [5, 5.41) is 13.0. The van der Waals surface area contributed by atoms with Crippen molar-refractivity contribution in [1.82, 2.24) is 10.2 Å². The molecular weight excluding hydrogens is 231 g/mol. The number of hydrogen-bond acceptors (Lipinski definition) is 3. The van der Waals surface area contributed by atoms with Crippen LogP contribution in [0.15, 0.2) is 18.2 Å². The van der Waals surface area contributed by atoms with Gasteiger partial charge >= 0.3 is 0 Å². The summed E-state index contributed by atoms with van der Waals surface area (Å²) in [6, 6.07) is 5.13. The Bertz CT molecular complexity index is 389. The molecule has 1 aliphatic rings. The zero-order valence-electron chi connectivity index (χ0n) is 10.8. The van der Waals surface area contributed by atoms with E-state index in [1.54, 1.807) is 12.1 Å². The van der Waals surface area contributed by atoms with Gasteiger partial charge in [0.2, 0.25) is 0 Å². The van der Waals surface area contributed by atoms with E-state index in [4.69, 9.17) is 0 Å². The number of phenolic OH excluding ortho intramolecular Hbond substituents is 1. The van der Waals surface area contributed by atoms with Crippen molar-refractivity contribution in [2.75, 3.05) is 19.6 Å². The molecule has 2 rings (SSSR count). The van der Waals surface area contributed by atoms with E-state index in [9.17, 15) is 9.50 Å². The van der Waals surface area contributed by atoms with Crippen LogP contribution >= 0.6 is 0 Å².